The van der Waals surface area contributed by atoms with Crippen LogP contribution in [0.15, 0.2) is 9.57 Å². The summed E-state index contributed by atoms with van der Waals surface area (Å²) in [7, 11) is 0. The summed E-state index contributed by atoms with van der Waals surface area (Å²) in [6.07, 6.45) is 1.87. The molecule has 146 valence electrons. The Bertz CT molecular complexity index is 819. The molecule has 11 heteroatoms. The minimum atomic E-state index is -0.269. The molecule has 1 atom stereocenters. The van der Waals surface area contributed by atoms with Gasteiger partial charge in [0.1, 0.15) is 0 Å². The topological polar surface area (TPSA) is 143 Å². The first-order valence-corrected chi connectivity index (χ1v) is 9.71. The van der Waals surface area contributed by atoms with E-state index in [2.05, 4.69) is 25.5 Å². The lowest BCUT2D eigenvalue weighted by molar-refractivity contribution is -0.130. The van der Waals surface area contributed by atoms with E-state index in [1.807, 2.05) is 4.90 Å². The zero-order chi connectivity index (χ0) is 19.4. The van der Waals surface area contributed by atoms with E-state index in [0.29, 0.717) is 29.8 Å². The number of thioether (sulfide) groups is 1. The van der Waals surface area contributed by atoms with Crippen molar-refractivity contribution in [2.75, 3.05) is 31.1 Å². The van der Waals surface area contributed by atoms with Crippen molar-refractivity contribution in [2.24, 2.45) is 5.92 Å². The number of hydrogen-bond acceptors (Lipinski definition) is 8. The predicted octanol–water partition coefficient (Wildman–Crippen LogP) is 0.752. The molecule has 0 bridgehead atoms. The van der Waals surface area contributed by atoms with Crippen LogP contribution in [0.3, 0.4) is 0 Å². The van der Waals surface area contributed by atoms with Crippen molar-refractivity contribution in [3.63, 3.8) is 0 Å². The van der Waals surface area contributed by atoms with Crippen LogP contribution in [0.5, 0.6) is 0 Å². The Balaban J connectivity index is 1.46. The molecule has 4 N–H and O–H groups in total. The van der Waals surface area contributed by atoms with Crippen LogP contribution in [-0.4, -0.2) is 62.3 Å². The van der Waals surface area contributed by atoms with Crippen LogP contribution in [0, 0.1) is 19.8 Å². The number of oxazole rings is 1. The first-order chi connectivity index (χ1) is 12.9. The van der Waals surface area contributed by atoms with E-state index in [0.717, 1.165) is 19.4 Å². The van der Waals surface area contributed by atoms with Gasteiger partial charge in [-0.2, -0.15) is 4.98 Å². The molecular weight excluding hydrogens is 370 g/mol. The van der Waals surface area contributed by atoms with Crippen molar-refractivity contribution in [3.8, 4) is 0 Å². The molecule has 1 fully saturated rings. The Labute approximate surface area is 160 Å². The fourth-order valence-electron chi connectivity index (χ4n) is 3.06. The third kappa shape index (κ3) is 5.00. The van der Waals surface area contributed by atoms with Gasteiger partial charge in [0.15, 0.2) is 5.89 Å². The minimum absolute atomic E-state index is 0.0288. The van der Waals surface area contributed by atoms with E-state index in [1.54, 1.807) is 13.8 Å². The molecular formula is C16H23N7O3S. The molecule has 2 aromatic heterocycles. The second-order valence-electron chi connectivity index (χ2n) is 6.50. The second-order valence-corrected chi connectivity index (χ2v) is 7.44. The average Bonchev–Trinajstić information content (AvgIpc) is 3.22. The van der Waals surface area contributed by atoms with Crippen LogP contribution < -0.4 is 11.1 Å². The molecule has 2 amide bonds. The van der Waals surface area contributed by atoms with Crippen molar-refractivity contribution in [3.05, 3.63) is 17.3 Å². The van der Waals surface area contributed by atoms with Crippen molar-refractivity contribution >= 4 is 29.5 Å². The van der Waals surface area contributed by atoms with Crippen molar-refractivity contribution < 1.29 is 14.0 Å². The molecule has 0 spiro atoms. The van der Waals surface area contributed by atoms with Gasteiger partial charge in [0.05, 0.1) is 11.4 Å². The van der Waals surface area contributed by atoms with Crippen LogP contribution >= 0.6 is 11.8 Å². The number of nitrogens with two attached hydrogens (primary N) is 1. The largest absolute Gasteiger partial charge is 0.436 e. The van der Waals surface area contributed by atoms with Gasteiger partial charge in [-0.1, -0.05) is 11.8 Å². The Morgan fingerprint density at radius 1 is 1.41 bits per heavy atom. The second kappa shape index (κ2) is 8.42. The number of nitrogen functional groups attached to an aromatic ring is 1. The van der Waals surface area contributed by atoms with Crippen LogP contribution in [-0.2, 0) is 4.79 Å². The number of H-pyrrole nitrogens is 1. The number of carbonyl (C=O) groups is 2. The van der Waals surface area contributed by atoms with Gasteiger partial charge in [-0.3, -0.25) is 9.59 Å². The molecule has 0 aliphatic carbocycles. The van der Waals surface area contributed by atoms with E-state index >= 15 is 0 Å². The number of rotatable bonds is 6. The van der Waals surface area contributed by atoms with Gasteiger partial charge in [0.25, 0.3) is 5.91 Å². The average molecular weight is 393 g/mol. The highest BCUT2D eigenvalue weighted by atomic mass is 32.2. The summed E-state index contributed by atoms with van der Waals surface area (Å²) < 4.78 is 5.34. The number of carbonyl (C=O) groups excluding carboxylic acids is 2. The fourth-order valence-corrected chi connectivity index (χ4v) is 3.77. The van der Waals surface area contributed by atoms with E-state index in [-0.39, 0.29) is 35.2 Å². The third-order valence-corrected chi connectivity index (χ3v) is 5.17. The SMILES string of the molecule is Cc1nc(C)c(C(=O)NCC2CCCN(C(=O)CSc3n[nH]c(N)n3)C2)o1. The number of aryl methyl sites for hydroxylation is 2. The Hall–Kier alpha value is -2.56. The lowest BCUT2D eigenvalue weighted by Gasteiger charge is -2.32. The molecule has 27 heavy (non-hydrogen) atoms. The third-order valence-electron chi connectivity index (χ3n) is 4.34. The maximum Gasteiger partial charge on any atom is 0.289 e. The highest BCUT2D eigenvalue weighted by Gasteiger charge is 2.25. The number of piperidine rings is 1. The monoisotopic (exact) mass is 393 g/mol. The molecule has 3 heterocycles. The zero-order valence-corrected chi connectivity index (χ0v) is 16.1. The molecule has 1 aliphatic heterocycles. The molecule has 0 radical (unpaired) electrons. The van der Waals surface area contributed by atoms with Crippen molar-refractivity contribution in [2.45, 2.75) is 31.8 Å². The summed E-state index contributed by atoms with van der Waals surface area (Å²) in [6, 6.07) is 0. The molecule has 10 nitrogen and oxygen atoms in total. The number of likely N-dealkylation sites (tertiary alicyclic amines) is 1. The van der Waals surface area contributed by atoms with Crippen LogP contribution in [0.1, 0.15) is 35.0 Å². The molecule has 2 aromatic rings. The summed E-state index contributed by atoms with van der Waals surface area (Å²) in [6.45, 7) is 5.28. The lowest BCUT2D eigenvalue weighted by Crippen LogP contribution is -2.44. The van der Waals surface area contributed by atoms with Gasteiger partial charge in [0, 0.05) is 26.6 Å². The number of amides is 2. The van der Waals surface area contributed by atoms with Crippen LogP contribution in [0.25, 0.3) is 0 Å². The Morgan fingerprint density at radius 2 is 2.22 bits per heavy atom. The maximum absolute atomic E-state index is 12.4. The molecule has 1 saturated heterocycles. The number of hydrogen-bond donors (Lipinski definition) is 3. The van der Waals surface area contributed by atoms with Gasteiger partial charge in [-0.15, -0.1) is 5.10 Å². The van der Waals surface area contributed by atoms with Gasteiger partial charge in [-0.05, 0) is 25.7 Å². The van der Waals surface area contributed by atoms with E-state index < -0.39 is 0 Å². The minimum Gasteiger partial charge on any atom is -0.436 e. The van der Waals surface area contributed by atoms with E-state index in [1.165, 1.54) is 11.8 Å². The smallest absolute Gasteiger partial charge is 0.289 e. The van der Waals surface area contributed by atoms with Gasteiger partial charge in [-0.25, -0.2) is 10.1 Å². The summed E-state index contributed by atoms with van der Waals surface area (Å²) in [4.78, 5) is 34.6. The summed E-state index contributed by atoms with van der Waals surface area (Å²) >= 11 is 1.25. The van der Waals surface area contributed by atoms with Crippen molar-refractivity contribution in [1.29, 1.82) is 0 Å². The molecule has 0 aromatic carbocycles. The lowest BCUT2D eigenvalue weighted by atomic mass is 9.98. The molecule has 0 saturated carbocycles. The summed E-state index contributed by atoms with van der Waals surface area (Å²) in [5.41, 5.74) is 6.05. The van der Waals surface area contributed by atoms with E-state index in [9.17, 15) is 9.59 Å². The van der Waals surface area contributed by atoms with E-state index in [4.69, 9.17) is 10.2 Å². The number of aromatic nitrogens is 4. The predicted molar refractivity (Wildman–Crippen MR) is 99.1 cm³/mol. The van der Waals surface area contributed by atoms with Gasteiger partial charge >= 0.3 is 0 Å². The molecule has 3 rings (SSSR count). The Morgan fingerprint density at radius 3 is 2.89 bits per heavy atom. The molecule has 1 unspecified atom stereocenters. The number of anilines is 1. The summed E-state index contributed by atoms with van der Waals surface area (Å²) in [5.74, 6) is 1.18. The summed E-state index contributed by atoms with van der Waals surface area (Å²) in [5, 5.41) is 9.79. The maximum atomic E-state index is 12.4. The normalized spacial score (nSPS) is 17.1. The highest BCUT2D eigenvalue weighted by molar-refractivity contribution is 7.99. The first-order valence-electron chi connectivity index (χ1n) is 8.73. The van der Waals surface area contributed by atoms with Crippen molar-refractivity contribution in [1.82, 2.24) is 30.4 Å². The fraction of sp³-hybridized carbons (Fsp3) is 0.562. The van der Waals surface area contributed by atoms with Gasteiger partial charge in [0.2, 0.25) is 22.8 Å². The number of aromatic amines is 1. The first kappa shape index (κ1) is 19.2. The molecule has 1 aliphatic rings. The number of nitrogens with zero attached hydrogens (tertiary/aromatic N) is 4. The number of nitrogens with one attached hydrogen (secondary N) is 2. The Kier molecular flexibility index (Phi) is 5.99. The van der Waals surface area contributed by atoms with Crippen LogP contribution in [0.4, 0.5) is 5.95 Å². The highest BCUT2D eigenvalue weighted by Crippen LogP contribution is 2.19. The quantitative estimate of drug-likeness (QED) is 0.610. The zero-order valence-electron chi connectivity index (χ0n) is 15.3. The standard InChI is InChI=1S/C16H23N7O3S/c1-9-13(26-10(2)19-9)14(25)18-6-11-4-3-5-23(7-11)12(24)8-27-16-20-15(17)21-22-16/h11H,3-8H2,1-2H3,(H,18,25)(H3,17,20,21,22). The van der Waals surface area contributed by atoms with Crippen LogP contribution in [0.2, 0.25) is 0 Å². The van der Waals surface area contributed by atoms with Gasteiger partial charge < -0.3 is 20.4 Å².